The highest BCUT2D eigenvalue weighted by molar-refractivity contribution is 5.78. The summed E-state index contributed by atoms with van der Waals surface area (Å²) in [7, 11) is 5.63. The molecule has 0 bridgehead atoms. The molecule has 1 aliphatic carbocycles. The smallest absolute Gasteiger partial charge is 0.234 e. The minimum absolute atomic E-state index is 0.0382. The molecule has 118 valence electrons. The van der Waals surface area contributed by atoms with Crippen molar-refractivity contribution in [2.24, 2.45) is 7.05 Å². The first-order valence-electron chi connectivity index (χ1n) is 7.52. The van der Waals surface area contributed by atoms with Gasteiger partial charge in [-0.3, -0.25) is 14.4 Å². The van der Waals surface area contributed by atoms with Gasteiger partial charge >= 0.3 is 0 Å². The zero-order valence-electron chi connectivity index (χ0n) is 13.4. The maximum Gasteiger partial charge on any atom is 0.234 e. The van der Waals surface area contributed by atoms with Crippen LogP contribution in [-0.2, 0) is 23.0 Å². The van der Waals surface area contributed by atoms with Crippen LogP contribution in [-0.4, -0.2) is 53.9 Å². The van der Waals surface area contributed by atoms with Crippen molar-refractivity contribution < 1.29 is 9.53 Å². The number of carbonyl (C=O) groups is 1. The number of aromatic nitrogens is 2. The number of nitrogens with zero attached hydrogens (tertiary/aromatic N) is 3. The summed E-state index contributed by atoms with van der Waals surface area (Å²) in [5.74, 6) is 0.0399. The summed E-state index contributed by atoms with van der Waals surface area (Å²) in [6.45, 7) is 2.87. The summed E-state index contributed by atoms with van der Waals surface area (Å²) >= 11 is 0. The number of amides is 1. The van der Waals surface area contributed by atoms with E-state index >= 15 is 0 Å². The van der Waals surface area contributed by atoms with Crippen LogP contribution in [0.15, 0.2) is 6.20 Å². The van der Waals surface area contributed by atoms with Gasteiger partial charge < -0.3 is 10.1 Å². The number of ether oxygens (including phenoxy) is 1. The molecule has 2 rings (SSSR count). The Bertz CT molecular complexity index is 486. The van der Waals surface area contributed by atoms with Gasteiger partial charge in [0, 0.05) is 37.5 Å². The minimum Gasteiger partial charge on any atom is -0.383 e. The van der Waals surface area contributed by atoms with E-state index in [-0.39, 0.29) is 18.0 Å². The molecule has 1 aromatic rings. The average Bonchev–Trinajstić information content (AvgIpc) is 2.80. The summed E-state index contributed by atoms with van der Waals surface area (Å²) in [5, 5.41) is 7.31. The maximum absolute atomic E-state index is 12.1. The Hall–Kier alpha value is -1.40. The van der Waals surface area contributed by atoms with Gasteiger partial charge in [0.15, 0.2) is 0 Å². The molecule has 1 amide bonds. The molecule has 0 aromatic carbocycles. The third-order valence-electron chi connectivity index (χ3n) is 4.09. The molecule has 0 saturated heterocycles. The lowest BCUT2D eigenvalue weighted by atomic mass is 9.92. The lowest BCUT2D eigenvalue weighted by Gasteiger charge is -2.31. The van der Waals surface area contributed by atoms with Gasteiger partial charge in [-0.1, -0.05) is 0 Å². The first-order chi connectivity index (χ1) is 10.0. The Morgan fingerprint density at radius 3 is 3.14 bits per heavy atom. The fraction of sp³-hybridized carbons (Fsp3) is 0.733. The highest BCUT2D eigenvalue weighted by Crippen LogP contribution is 2.32. The van der Waals surface area contributed by atoms with Crippen molar-refractivity contribution in [3.8, 4) is 0 Å². The normalized spacial score (nSPS) is 19.4. The Balaban J connectivity index is 1.95. The van der Waals surface area contributed by atoms with E-state index in [2.05, 4.69) is 15.3 Å². The highest BCUT2D eigenvalue weighted by Gasteiger charge is 2.27. The molecular formula is C15H26N4O2. The molecule has 6 nitrogen and oxygen atoms in total. The van der Waals surface area contributed by atoms with Gasteiger partial charge in [0.2, 0.25) is 5.91 Å². The molecule has 1 heterocycles. The van der Waals surface area contributed by atoms with E-state index in [0.29, 0.717) is 13.2 Å². The molecule has 0 radical (unpaired) electrons. The zero-order valence-corrected chi connectivity index (χ0v) is 13.4. The first kappa shape index (κ1) is 16.0. The van der Waals surface area contributed by atoms with Gasteiger partial charge in [-0.2, -0.15) is 5.10 Å². The first-order valence-corrected chi connectivity index (χ1v) is 7.52. The van der Waals surface area contributed by atoms with Crippen molar-refractivity contribution in [2.75, 3.05) is 27.3 Å². The van der Waals surface area contributed by atoms with Crippen LogP contribution in [0.5, 0.6) is 0 Å². The van der Waals surface area contributed by atoms with Crippen molar-refractivity contribution in [1.29, 1.82) is 0 Å². The number of likely N-dealkylation sites (N-methyl/N-ethyl adjacent to an activating group) is 1. The summed E-state index contributed by atoms with van der Waals surface area (Å²) < 4.78 is 6.99. The molecule has 0 saturated carbocycles. The Kier molecular flexibility index (Phi) is 5.36. The van der Waals surface area contributed by atoms with Crippen molar-refractivity contribution >= 4 is 5.91 Å². The van der Waals surface area contributed by atoms with Crippen LogP contribution in [0.4, 0.5) is 0 Å². The summed E-state index contributed by atoms with van der Waals surface area (Å²) in [6, 6.07) is 0.321. The molecule has 0 aliphatic heterocycles. The van der Waals surface area contributed by atoms with Gasteiger partial charge in [-0.05, 0) is 33.2 Å². The van der Waals surface area contributed by atoms with Crippen LogP contribution >= 0.6 is 0 Å². The number of nitrogens with one attached hydrogen (secondary N) is 1. The lowest BCUT2D eigenvalue weighted by molar-refractivity contribution is -0.123. The second-order valence-corrected chi connectivity index (χ2v) is 5.92. The van der Waals surface area contributed by atoms with Crippen LogP contribution < -0.4 is 5.32 Å². The Labute approximate surface area is 126 Å². The summed E-state index contributed by atoms with van der Waals surface area (Å²) in [6.07, 6.45) is 5.24. The van der Waals surface area contributed by atoms with Crippen LogP contribution in [0.2, 0.25) is 0 Å². The van der Waals surface area contributed by atoms with Gasteiger partial charge in [-0.25, -0.2) is 0 Å². The van der Waals surface area contributed by atoms with Gasteiger partial charge in [0.05, 0.1) is 19.3 Å². The number of aryl methyl sites for hydroxylation is 1. The molecule has 21 heavy (non-hydrogen) atoms. The van der Waals surface area contributed by atoms with E-state index in [1.807, 2.05) is 31.9 Å². The SMILES string of the molecule is COC[C@H](C)NC(=O)CN(C)[C@H]1CCCc2c1cnn2C. The average molecular weight is 294 g/mol. The van der Waals surface area contributed by atoms with Gasteiger partial charge in [0.25, 0.3) is 0 Å². The van der Waals surface area contributed by atoms with Gasteiger partial charge in [0.1, 0.15) is 0 Å². The van der Waals surface area contributed by atoms with Crippen molar-refractivity contribution in [2.45, 2.75) is 38.3 Å². The number of hydrogen-bond acceptors (Lipinski definition) is 4. The second kappa shape index (κ2) is 7.04. The molecule has 0 spiro atoms. The monoisotopic (exact) mass is 294 g/mol. The van der Waals surface area contributed by atoms with E-state index in [0.717, 1.165) is 19.3 Å². The van der Waals surface area contributed by atoms with Crippen molar-refractivity contribution in [3.63, 3.8) is 0 Å². The number of hydrogen-bond donors (Lipinski definition) is 1. The standard InChI is InChI=1S/C15H26N4O2/c1-11(10-21-4)17-15(20)9-18(2)13-6-5-7-14-12(13)8-16-19(14)3/h8,11,13H,5-7,9-10H2,1-4H3,(H,17,20)/t11-,13-/m0/s1. The van der Waals surface area contributed by atoms with Crippen LogP contribution in [0, 0.1) is 0 Å². The maximum atomic E-state index is 12.1. The van der Waals surface area contributed by atoms with Crippen LogP contribution in [0.3, 0.4) is 0 Å². The quantitative estimate of drug-likeness (QED) is 0.846. The Morgan fingerprint density at radius 1 is 1.67 bits per heavy atom. The minimum atomic E-state index is 0.0382. The highest BCUT2D eigenvalue weighted by atomic mass is 16.5. The van der Waals surface area contributed by atoms with Crippen molar-refractivity contribution in [3.05, 3.63) is 17.5 Å². The van der Waals surface area contributed by atoms with E-state index in [4.69, 9.17) is 4.74 Å². The lowest BCUT2D eigenvalue weighted by Crippen LogP contribution is -2.42. The Morgan fingerprint density at radius 2 is 2.43 bits per heavy atom. The van der Waals surface area contributed by atoms with E-state index < -0.39 is 0 Å². The van der Waals surface area contributed by atoms with E-state index in [1.165, 1.54) is 11.3 Å². The molecule has 0 unspecified atom stereocenters. The largest absolute Gasteiger partial charge is 0.383 e. The van der Waals surface area contributed by atoms with Gasteiger partial charge in [-0.15, -0.1) is 0 Å². The molecule has 1 N–H and O–H groups in total. The van der Waals surface area contributed by atoms with Crippen LogP contribution in [0.1, 0.15) is 37.1 Å². The van der Waals surface area contributed by atoms with Crippen LogP contribution in [0.25, 0.3) is 0 Å². The number of fused-ring (bicyclic) bond motifs is 1. The number of carbonyl (C=O) groups excluding carboxylic acids is 1. The third-order valence-corrected chi connectivity index (χ3v) is 4.09. The molecule has 2 atom stereocenters. The fourth-order valence-corrected chi connectivity index (χ4v) is 3.09. The summed E-state index contributed by atoms with van der Waals surface area (Å²) in [5.41, 5.74) is 2.57. The zero-order chi connectivity index (χ0) is 15.4. The molecule has 0 fully saturated rings. The van der Waals surface area contributed by atoms with Crippen molar-refractivity contribution in [1.82, 2.24) is 20.0 Å². The van der Waals surface area contributed by atoms with E-state index in [1.54, 1.807) is 7.11 Å². The predicted molar refractivity (Wildman–Crippen MR) is 81.0 cm³/mol. The predicted octanol–water partition coefficient (Wildman–Crippen LogP) is 0.880. The van der Waals surface area contributed by atoms with E-state index in [9.17, 15) is 4.79 Å². The fourth-order valence-electron chi connectivity index (χ4n) is 3.09. The molecular weight excluding hydrogens is 268 g/mol. The number of methoxy groups -OCH3 is 1. The molecule has 6 heteroatoms. The third kappa shape index (κ3) is 3.83. The molecule has 1 aromatic heterocycles. The molecule has 1 aliphatic rings. The summed E-state index contributed by atoms with van der Waals surface area (Å²) in [4.78, 5) is 14.2. The second-order valence-electron chi connectivity index (χ2n) is 5.92. The topological polar surface area (TPSA) is 59.4 Å². The number of rotatable bonds is 6.